The largest absolute Gasteiger partial charge is 0.313 e. The Bertz CT molecular complexity index is 523. The van der Waals surface area contributed by atoms with Crippen LogP contribution in [0.4, 0.5) is 0 Å². The van der Waals surface area contributed by atoms with Crippen molar-refractivity contribution in [1.29, 1.82) is 0 Å². The molecule has 1 unspecified atom stereocenters. The van der Waals surface area contributed by atoms with Crippen LogP contribution in [0.2, 0.25) is 0 Å². The Morgan fingerprint density at radius 1 is 1.16 bits per heavy atom. The molecule has 2 aromatic rings. The first-order valence-corrected chi connectivity index (χ1v) is 7.37. The summed E-state index contributed by atoms with van der Waals surface area (Å²) in [5.41, 5.74) is 3.93. The summed E-state index contributed by atoms with van der Waals surface area (Å²) in [5, 5.41) is 3.36. The third kappa shape index (κ3) is 3.88. The molecule has 19 heavy (non-hydrogen) atoms. The summed E-state index contributed by atoms with van der Waals surface area (Å²) in [7, 11) is 1.99. The molecular weight excluding hydrogens is 300 g/mol. The molecule has 1 aromatic carbocycles. The third-order valence-electron chi connectivity index (χ3n) is 3.35. The number of hydrogen-bond acceptors (Lipinski definition) is 2. The molecule has 1 N–H and O–H groups in total. The molecule has 0 amide bonds. The van der Waals surface area contributed by atoms with Gasteiger partial charge in [0.1, 0.15) is 0 Å². The fourth-order valence-electron chi connectivity index (χ4n) is 2.15. The van der Waals surface area contributed by atoms with E-state index in [0.29, 0.717) is 0 Å². The Morgan fingerprint density at radius 2 is 1.84 bits per heavy atom. The van der Waals surface area contributed by atoms with E-state index in [9.17, 15) is 0 Å². The monoisotopic (exact) mass is 318 g/mol. The highest BCUT2D eigenvalue weighted by atomic mass is 79.9. The summed E-state index contributed by atoms with van der Waals surface area (Å²) in [6, 6.07) is 11.3. The Labute approximate surface area is 123 Å². The Hall–Kier alpha value is -1.19. The second-order valence-electron chi connectivity index (χ2n) is 4.65. The van der Waals surface area contributed by atoms with E-state index in [0.717, 1.165) is 17.3 Å². The highest BCUT2D eigenvalue weighted by molar-refractivity contribution is 9.10. The lowest BCUT2D eigenvalue weighted by Gasteiger charge is -2.17. The second kappa shape index (κ2) is 6.83. The van der Waals surface area contributed by atoms with E-state index in [1.165, 1.54) is 16.7 Å². The van der Waals surface area contributed by atoms with Gasteiger partial charge in [-0.2, -0.15) is 0 Å². The molecule has 1 atom stereocenters. The Kier molecular flexibility index (Phi) is 5.11. The van der Waals surface area contributed by atoms with Crippen LogP contribution < -0.4 is 5.32 Å². The first kappa shape index (κ1) is 14.2. The maximum Gasteiger partial charge on any atom is 0.0410 e. The highest BCUT2D eigenvalue weighted by Crippen LogP contribution is 2.20. The zero-order chi connectivity index (χ0) is 13.7. The number of aromatic nitrogens is 1. The molecule has 0 saturated heterocycles. The molecule has 0 aliphatic heterocycles. The van der Waals surface area contributed by atoms with E-state index in [1.54, 1.807) is 0 Å². The maximum atomic E-state index is 4.24. The fourth-order valence-corrected chi connectivity index (χ4v) is 2.53. The first-order chi connectivity index (χ1) is 9.22. The molecule has 1 aromatic heterocycles. The molecule has 0 radical (unpaired) electrons. The zero-order valence-corrected chi connectivity index (χ0v) is 12.9. The lowest BCUT2D eigenvalue weighted by Crippen LogP contribution is -2.19. The molecule has 2 rings (SSSR count). The van der Waals surface area contributed by atoms with Crippen LogP contribution in [-0.4, -0.2) is 12.0 Å². The van der Waals surface area contributed by atoms with E-state index in [-0.39, 0.29) is 6.04 Å². The minimum atomic E-state index is 0.289. The van der Waals surface area contributed by atoms with Gasteiger partial charge in [0.25, 0.3) is 0 Å². The number of pyridine rings is 1. The van der Waals surface area contributed by atoms with Crippen LogP contribution in [0.15, 0.2) is 47.2 Å². The van der Waals surface area contributed by atoms with Crippen molar-refractivity contribution in [2.24, 2.45) is 0 Å². The van der Waals surface area contributed by atoms with E-state index in [4.69, 9.17) is 0 Å². The molecular formula is C16H19BrN2. The van der Waals surface area contributed by atoms with Crippen molar-refractivity contribution < 1.29 is 0 Å². The number of rotatable bonds is 5. The smallest absolute Gasteiger partial charge is 0.0410 e. The van der Waals surface area contributed by atoms with E-state index < -0.39 is 0 Å². The van der Waals surface area contributed by atoms with E-state index in [1.807, 2.05) is 19.4 Å². The van der Waals surface area contributed by atoms with Gasteiger partial charge in [-0.25, -0.2) is 0 Å². The summed E-state index contributed by atoms with van der Waals surface area (Å²) in [6.45, 7) is 2.18. The standard InChI is InChI=1S/C16H19BrN2/c1-3-12-4-6-13(7-5-12)8-16(18-2)14-9-15(17)11-19-10-14/h4-7,9-11,16,18H,3,8H2,1-2H3. The van der Waals surface area contributed by atoms with Gasteiger partial charge >= 0.3 is 0 Å². The van der Waals surface area contributed by atoms with Crippen LogP contribution in [-0.2, 0) is 12.8 Å². The average Bonchev–Trinajstić information content (AvgIpc) is 2.45. The molecule has 2 nitrogen and oxygen atoms in total. The van der Waals surface area contributed by atoms with Gasteiger partial charge in [0.05, 0.1) is 0 Å². The summed E-state index contributed by atoms with van der Waals surface area (Å²) in [6.07, 6.45) is 5.79. The van der Waals surface area contributed by atoms with Gasteiger partial charge in [-0.3, -0.25) is 4.98 Å². The van der Waals surface area contributed by atoms with Gasteiger partial charge in [-0.1, -0.05) is 31.2 Å². The number of hydrogen-bond donors (Lipinski definition) is 1. The van der Waals surface area contributed by atoms with Crippen LogP contribution in [0.25, 0.3) is 0 Å². The van der Waals surface area contributed by atoms with Crippen molar-refractivity contribution in [3.8, 4) is 0 Å². The SMILES string of the molecule is CCc1ccc(CC(NC)c2cncc(Br)c2)cc1. The predicted octanol–water partition coefficient (Wildman–Crippen LogP) is 3.91. The Morgan fingerprint density at radius 3 is 2.42 bits per heavy atom. The van der Waals surface area contributed by atoms with E-state index >= 15 is 0 Å². The van der Waals surface area contributed by atoms with Crippen molar-refractivity contribution in [3.63, 3.8) is 0 Å². The van der Waals surface area contributed by atoms with Crippen molar-refractivity contribution >= 4 is 15.9 Å². The van der Waals surface area contributed by atoms with Gasteiger partial charge in [0.15, 0.2) is 0 Å². The molecule has 0 bridgehead atoms. The van der Waals surface area contributed by atoms with Crippen molar-refractivity contribution in [3.05, 3.63) is 63.9 Å². The first-order valence-electron chi connectivity index (χ1n) is 6.58. The van der Waals surface area contributed by atoms with Gasteiger partial charge < -0.3 is 5.32 Å². The fraction of sp³-hybridized carbons (Fsp3) is 0.312. The lowest BCUT2D eigenvalue weighted by atomic mass is 9.99. The summed E-state index contributed by atoms with van der Waals surface area (Å²) >= 11 is 3.47. The van der Waals surface area contributed by atoms with Crippen LogP contribution in [0.3, 0.4) is 0 Å². The van der Waals surface area contributed by atoms with E-state index in [2.05, 4.69) is 63.5 Å². The number of nitrogens with one attached hydrogen (secondary N) is 1. The average molecular weight is 319 g/mol. The topological polar surface area (TPSA) is 24.9 Å². The van der Waals surface area contributed by atoms with Crippen LogP contribution in [0, 0.1) is 0 Å². The number of likely N-dealkylation sites (N-methyl/N-ethyl adjacent to an activating group) is 1. The van der Waals surface area contributed by atoms with Crippen molar-refractivity contribution in [1.82, 2.24) is 10.3 Å². The molecule has 3 heteroatoms. The third-order valence-corrected chi connectivity index (χ3v) is 3.78. The number of halogens is 1. The molecule has 0 spiro atoms. The highest BCUT2D eigenvalue weighted by Gasteiger charge is 2.10. The number of aryl methyl sites for hydroxylation is 1. The minimum Gasteiger partial charge on any atom is -0.313 e. The number of nitrogens with zero attached hydrogens (tertiary/aromatic N) is 1. The van der Waals surface area contributed by atoms with Crippen LogP contribution >= 0.6 is 15.9 Å². The van der Waals surface area contributed by atoms with Crippen LogP contribution in [0.5, 0.6) is 0 Å². The Balaban J connectivity index is 2.14. The summed E-state index contributed by atoms with van der Waals surface area (Å²) in [4.78, 5) is 4.24. The molecule has 0 fully saturated rings. The predicted molar refractivity (Wildman–Crippen MR) is 83.3 cm³/mol. The van der Waals surface area contributed by atoms with Crippen molar-refractivity contribution in [2.75, 3.05) is 7.05 Å². The van der Waals surface area contributed by atoms with Crippen molar-refractivity contribution in [2.45, 2.75) is 25.8 Å². The maximum absolute atomic E-state index is 4.24. The zero-order valence-electron chi connectivity index (χ0n) is 11.4. The van der Waals surface area contributed by atoms with Crippen LogP contribution in [0.1, 0.15) is 29.7 Å². The van der Waals surface area contributed by atoms with Gasteiger partial charge in [0, 0.05) is 22.9 Å². The minimum absolute atomic E-state index is 0.289. The quantitative estimate of drug-likeness (QED) is 0.904. The lowest BCUT2D eigenvalue weighted by molar-refractivity contribution is 0.589. The molecule has 0 aliphatic rings. The summed E-state index contributed by atoms with van der Waals surface area (Å²) in [5.74, 6) is 0. The van der Waals surface area contributed by atoms with Gasteiger partial charge in [-0.15, -0.1) is 0 Å². The molecule has 1 heterocycles. The molecule has 0 aliphatic carbocycles. The van der Waals surface area contributed by atoms with Gasteiger partial charge in [0.2, 0.25) is 0 Å². The molecule has 0 saturated carbocycles. The normalized spacial score (nSPS) is 12.4. The van der Waals surface area contributed by atoms with Gasteiger partial charge in [-0.05, 0) is 58.6 Å². The molecule has 100 valence electrons. The number of benzene rings is 1. The second-order valence-corrected chi connectivity index (χ2v) is 5.57. The summed E-state index contributed by atoms with van der Waals surface area (Å²) < 4.78 is 1.02.